The van der Waals surface area contributed by atoms with Gasteiger partial charge in [-0.15, -0.1) is 0 Å². The van der Waals surface area contributed by atoms with Crippen LogP contribution in [-0.4, -0.2) is 18.4 Å². The lowest BCUT2D eigenvalue weighted by molar-refractivity contribution is -0.104. The molecule has 0 amide bonds. The van der Waals surface area contributed by atoms with Crippen molar-refractivity contribution in [1.29, 1.82) is 0 Å². The van der Waals surface area contributed by atoms with Gasteiger partial charge in [0.1, 0.15) is 12.1 Å². The monoisotopic (exact) mass is 181 g/mol. The molecule has 0 N–H and O–H groups in total. The highest BCUT2D eigenvalue weighted by Gasteiger charge is 2.01. The van der Waals surface area contributed by atoms with E-state index in [1.165, 1.54) is 25.3 Å². The van der Waals surface area contributed by atoms with Gasteiger partial charge in [-0.05, 0) is 18.2 Å². The molecule has 0 atom stereocenters. The average Bonchev–Trinajstić information content (AvgIpc) is 2.15. The molecule has 0 fully saturated rings. The van der Waals surface area contributed by atoms with Crippen molar-refractivity contribution in [1.82, 2.24) is 4.98 Å². The number of carbonyl (C=O) groups excluding carboxylic acids is 1. The minimum Gasteiger partial charge on any atom is -0.481 e. The van der Waals surface area contributed by atoms with E-state index in [2.05, 4.69) is 4.98 Å². The SMILES string of the molecule is COc1ncc(F)cc1/C=C/C=O. The number of aldehydes is 1. The van der Waals surface area contributed by atoms with Crippen LogP contribution in [0.3, 0.4) is 0 Å². The Morgan fingerprint density at radius 3 is 3.00 bits per heavy atom. The molecule has 0 unspecified atom stereocenters. The van der Waals surface area contributed by atoms with Crippen molar-refractivity contribution in [2.75, 3.05) is 7.11 Å². The summed E-state index contributed by atoms with van der Waals surface area (Å²) in [6, 6.07) is 1.24. The third-order valence-electron chi connectivity index (χ3n) is 1.39. The molecule has 0 saturated heterocycles. The number of carbonyl (C=O) groups is 1. The van der Waals surface area contributed by atoms with E-state index < -0.39 is 5.82 Å². The van der Waals surface area contributed by atoms with E-state index in [0.717, 1.165) is 6.20 Å². The van der Waals surface area contributed by atoms with E-state index in [1.807, 2.05) is 0 Å². The summed E-state index contributed by atoms with van der Waals surface area (Å²) in [5.41, 5.74) is 0.439. The topological polar surface area (TPSA) is 39.2 Å². The molecule has 13 heavy (non-hydrogen) atoms. The number of rotatable bonds is 3. The van der Waals surface area contributed by atoms with Crippen LogP contribution in [0.5, 0.6) is 5.88 Å². The van der Waals surface area contributed by atoms with Gasteiger partial charge in [-0.2, -0.15) is 0 Å². The van der Waals surface area contributed by atoms with E-state index >= 15 is 0 Å². The number of hydrogen-bond acceptors (Lipinski definition) is 3. The summed E-state index contributed by atoms with van der Waals surface area (Å²) in [5, 5.41) is 0. The number of nitrogens with zero attached hydrogens (tertiary/aromatic N) is 1. The Morgan fingerprint density at radius 1 is 1.62 bits per heavy atom. The van der Waals surface area contributed by atoms with Crippen molar-refractivity contribution >= 4 is 12.4 Å². The Bertz CT molecular complexity index is 336. The van der Waals surface area contributed by atoms with Crippen LogP contribution in [0.1, 0.15) is 5.56 Å². The highest BCUT2D eigenvalue weighted by molar-refractivity contribution is 5.74. The number of aromatic nitrogens is 1. The summed E-state index contributed by atoms with van der Waals surface area (Å²) < 4.78 is 17.5. The molecule has 0 spiro atoms. The second-order valence-electron chi connectivity index (χ2n) is 2.25. The van der Waals surface area contributed by atoms with Crippen molar-refractivity contribution in [2.24, 2.45) is 0 Å². The van der Waals surface area contributed by atoms with Crippen molar-refractivity contribution in [2.45, 2.75) is 0 Å². The van der Waals surface area contributed by atoms with Gasteiger partial charge in [0.05, 0.1) is 13.3 Å². The molecule has 1 heterocycles. The Morgan fingerprint density at radius 2 is 2.38 bits per heavy atom. The van der Waals surface area contributed by atoms with Gasteiger partial charge in [0.2, 0.25) is 5.88 Å². The summed E-state index contributed by atoms with van der Waals surface area (Å²) in [4.78, 5) is 13.7. The molecular weight excluding hydrogens is 173 g/mol. The first-order valence-corrected chi connectivity index (χ1v) is 3.59. The summed E-state index contributed by atoms with van der Waals surface area (Å²) in [6.45, 7) is 0. The van der Waals surface area contributed by atoms with Crippen molar-refractivity contribution < 1.29 is 13.9 Å². The average molecular weight is 181 g/mol. The first kappa shape index (κ1) is 9.38. The molecule has 3 nitrogen and oxygen atoms in total. The number of halogens is 1. The molecule has 1 rings (SSSR count). The second-order valence-corrected chi connectivity index (χ2v) is 2.25. The summed E-state index contributed by atoms with van der Waals surface area (Å²) in [6.07, 6.45) is 4.34. The molecule has 68 valence electrons. The van der Waals surface area contributed by atoms with E-state index in [1.54, 1.807) is 0 Å². The van der Waals surface area contributed by atoms with Gasteiger partial charge in [-0.25, -0.2) is 9.37 Å². The van der Waals surface area contributed by atoms with E-state index in [-0.39, 0.29) is 0 Å². The second kappa shape index (κ2) is 4.35. The van der Waals surface area contributed by atoms with Crippen molar-refractivity contribution in [3.8, 4) is 5.88 Å². The van der Waals surface area contributed by atoms with Gasteiger partial charge in [-0.3, -0.25) is 4.79 Å². The lowest BCUT2D eigenvalue weighted by Gasteiger charge is -2.01. The smallest absolute Gasteiger partial charge is 0.220 e. The van der Waals surface area contributed by atoms with Crippen molar-refractivity contribution in [3.63, 3.8) is 0 Å². The zero-order valence-corrected chi connectivity index (χ0v) is 7.03. The van der Waals surface area contributed by atoms with Crippen LogP contribution in [0.15, 0.2) is 18.3 Å². The van der Waals surface area contributed by atoms with Crippen LogP contribution < -0.4 is 4.74 Å². The first-order chi connectivity index (χ1) is 6.27. The minimum atomic E-state index is -0.466. The number of ether oxygens (including phenoxy) is 1. The number of methoxy groups -OCH3 is 1. The Labute approximate surface area is 74.9 Å². The highest BCUT2D eigenvalue weighted by Crippen LogP contribution is 2.16. The molecule has 0 aliphatic rings. The largest absolute Gasteiger partial charge is 0.481 e. The Balaban J connectivity index is 3.07. The van der Waals surface area contributed by atoms with E-state index in [9.17, 15) is 9.18 Å². The normalized spacial score (nSPS) is 10.3. The van der Waals surface area contributed by atoms with Crippen LogP contribution in [0, 0.1) is 5.82 Å². The fourth-order valence-electron chi connectivity index (χ4n) is 0.875. The Hall–Kier alpha value is -1.71. The van der Waals surface area contributed by atoms with Crippen LogP contribution in [0.4, 0.5) is 4.39 Å². The maximum Gasteiger partial charge on any atom is 0.220 e. The number of allylic oxidation sites excluding steroid dienone is 1. The summed E-state index contributed by atoms with van der Waals surface area (Å²) >= 11 is 0. The molecule has 0 aliphatic carbocycles. The zero-order chi connectivity index (χ0) is 9.68. The zero-order valence-electron chi connectivity index (χ0n) is 7.03. The molecule has 0 aliphatic heterocycles. The molecule has 0 aromatic carbocycles. The highest BCUT2D eigenvalue weighted by atomic mass is 19.1. The number of pyridine rings is 1. The molecule has 1 aromatic heterocycles. The lowest BCUT2D eigenvalue weighted by atomic mass is 10.2. The molecule has 0 bridgehead atoms. The standard InChI is InChI=1S/C9H8FNO2/c1-13-9-7(3-2-4-12)5-8(10)6-11-9/h2-6H,1H3/b3-2+. The van der Waals surface area contributed by atoms with Crippen LogP contribution in [-0.2, 0) is 4.79 Å². The van der Waals surface area contributed by atoms with Crippen LogP contribution in [0.25, 0.3) is 6.08 Å². The summed E-state index contributed by atoms with van der Waals surface area (Å²) in [7, 11) is 1.43. The maximum absolute atomic E-state index is 12.7. The lowest BCUT2D eigenvalue weighted by Crippen LogP contribution is -1.91. The fraction of sp³-hybridized carbons (Fsp3) is 0.111. The third kappa shape index (κ3) is 2.37. The predicted molar refractivity (Wildman–Crippen MR) is 45.8 cm³/mol. The van der Waals surface area contributed by atoms with Gasteiger partial charge < -0.3 is 4.74 Å². The minimum absolute atomic E-state index is 0.291. The molecule has 0 radical (unpaired) electrons. The molecule has 0 saturated carbocycles. The van der Waals surface area contributed by atoms with Gasteiger partial charge in [-0.1, -0.05) is 0 Å². The Kier molecular flexibility index (Phi) is 3.14. The number of hydrogen-bond donors (Lipinski definition) is 0. The van der Waals surface area contributed by atoms with E-state index in [0.29, 0.717) is 17.7 Å². The van der Waals surface area contributed by atoms with Gasteiger partial charge >= 0.3 is 0 Å². The van der Waals surface area contributed by atoms with Crippen LogP contribution >= 0.6 is 0 Å². The van der Waals surface area contributed by atoms with Crippen molar-refractivity contribution in [3.05, 3.63) is 29.7 Å². The predicted octanol–water partition coefficient (Wildman–Crippen LogP) is 1.44. The maximum atomic E-state index is 12.7. The van der Waals surface area contributed by atoms with E-state index in [4.69, 9.17) is 4.74 Å². The first-order valence-electron chi connectivity index (χ1n) is 3.59. The molecule has 1 aromatic rings. The van der Waals surface area contributed by atoms with Gasteiger partial charge in [0.15, 0.2) is 0 Å². The van der Waals surface area contributed by atoms with Gasteiger partial charge in [0, 0.05) is 5.56 Å². The quantitative estimate of drug-likeness (QED) is 0.523. The van der Waals surface area contributed by atoms with Crippen LogP contribution in [0.2, 0.25) is 0 Å². The molecule has 4 heteroatoms. The molecular formula is C9H8FNO2. The van der Waals surface area contributed by atoms with Gasteiger partial charge in [0.25, 0.3) is 0 Å². The fourth-order valence-corrected chi connectivity index (χ4v) is 0.875. The third-order valence-corrected chi connectivity index (χ3v) is 1.39. The summed E-state index contributed by atoms with van der Waals surface area (Å²) in [5.74, 6) is -0.175.